The van der Waals surface area contributed by atoms with E-state index < -0.39 is 0 Å². The SMILES string of the molecule is [Nd].[Nd].[Ni].[Ni].[Ni].[Ni].[Ni]. The summed E-state index contributed by atoms with van der Waals surface area (Å²) in [6, 6.07) is 0. The van der Waals surface area contributed by atoms with Gasteiger partial charge in [-0.1, -0.05) is 0 Å². The van der Waals surface area contributed by atoms with E-state index in [9.17, 15) is 0 Å². The second-order valence-electron chi connectivity index (χ2n) is 0. The van der Waals surface area contributed by atoms with Gasteiger partial charge in [-0.15, -0.1) is 0 Å². The summed E-state index contributed by atoms with van der Waals surface area (Å²) in [6.45, 7) is 0. The molecule has 0 spiro atoms. The van der Waals surface area contributed by atoms with Gasteiger partial charge >= 0.3 is 0 Å². The normalized spacial score (nSPS) is 0. The average molecular weight is 582 g/mol. The molecule has 0 unspecified atom stereocenters. The van der Waals surface area contributed by atoms with E-state index in [4.69, 9.17) is 0 Å². The molecule has 7 heteroatoms. The van der Waals surface area contributed by atoms with E-state index in [-0.39, 0.29) is 164 Å². The fourth-order valence-corrected chi connectivity index (χ4v) is 0. The van der Waals surface area contributed by atoms with Gasteiger partial charge in [0.1, 0.15) is 0 Å². The zero-order valence-corrected chi connectivity index (χ0v) is 13.9. The Kier molecular flexibility index (Phi) is 351. The molecule has 0 fully saturated rings. The Hall–Kier alpha value is 5.17. The van der Waals surface area contributed by atoms with Gasteiger partial charge in [-0.25, -0.2) is 0 Å². The Bertz CT molecular complexity index is 6.04. The minimum atomic E-state index is 0. The molecule has 0 bridgehead atoms. The van der Waals surface area contributed by atoms with E-state index in [0.29, 0.717) is 0 Å². The van der Waals surface area contributed by atoms with Gasteiger partial charge < -0.3 is 0 Å². The predicted molar refractivity (Wildman–Crippen MR) is 0 cm³/mol. The van der Waals surface area contributed by atoms with Crippen LogP contribution in [0, 0.1) is 81.7 Å². The van der Waals surface area contributed by atoms with Crippen LogP contribution in [0.5, 0.6) is 0 Å². The molecule has 7 heavy (non-hydrogen) atoms. The van der Waals surface area contributed by atoms with E-state index in [1.54, 1.807) is 0 Å². The van der Waals surface area contributed by atoms with Crippen LogP contribution in [0.4, 0.5) is 0 Å². The van der Waals surface area contributed by atoms with Crippen molar-refractivity contribution < 1.29 is 164 Å². The summed E-state index contributed by atoms with van der Waals surface area (Å²) in [4.78, 5) is 0. The van der Waals surface area contributed by atoms with Gasteiger partial charge in [-0.2, -0.15) is 0 Å². The molecule has 58 valence electrons. The standard InChI is InChI=1S/2Nd.5Ni. The molecule has 0 rings (SSSR count). The van der Waals surface area contributed by atoms with Crippen molar-refractivity contribution in [3.8, 4) is 0 Å². The predicted octanol–water partition coefficient (Wildman–Crippen LogP) is -0.0125. The third kappa shape index (κ3) is 35.1. The summed E-state index contributed by atoms with van der Waals surface area (Å²) in [5.41, 5.74) is 0. The van der Waals surface area contributed by atoms with Gasteiger partial charge in [-0.05, 0) is 0 Å². The largest absolute Gasteiger partial charge is 0 e. The first-order valence-corrected chi connectivity index (χ1v) is 0. The Labute approximate surface area is 160 Å². The minimum absolute atomic E-state index is 0. The monoisotopic (exact) mass is 573 g/mol. The van der Waals surface area contributed by atoms with E-state index in [1.807, 2.05) is 0 Å². The maximum atomic E-state index is 0. The molecule has 0 amide bonds. The first kappa shape index (κ1) is 56.8. The van der Waals surface area contributed by atoms with E-state index >= 15 is 0 Å². The molecule has 0 aliphatic rings. The van der Waals surface area contributed by atoms with Crippen molar-refractivity contribution in [1.29, 1.82) is 0 Å². The molecule has 0 heterocycles. The van der Waals surface area contributed by atoms with Crippen LogP contribution >= 0.6 is 0 Å². The summed E-state index contributed by atoms with van der Waals surface area (Å²) in [7, 11) is 0. The fraction of sp³-hybridized carbons (Fsp3) is 0. The van der Waals surface area contributed by atoms with Crippen LogP contribution in [0.1, 0.15) is 0 Å². The molecule has 0 radical (unpaired) electrons. The first-order chi connectivity index (χ1) is 0. The first-order valence-electron chi connectivity index (χ1n) is 0. The van der Waals surface area contributed by atoms with Gasteiger partial charge in [-0.3, -0.25) is 0 Å². The molecule has 0 N–H and O–H groups in total. The molecule has 0 saturated carbocycles. The molecule has 0 aromatic heterocycles. The third-order valence-electron chi connectivity index (χ3n) is 0. The molecule has 0 saturated heterocycles. The zero-order chi connectivity index (χ0) is 0. The van der Waals surface area contributed by atoms with Crippen molar-refractivity contribution in [2.24, 2.45) is 0 Å². The zero-order valence-electron chi connectivity index (χ0n) is 2.58. The Morgan fingerprint density at radius 1 is 0.286 bits per heavy atom. The fourth-order valence-electron chi connectivity index (χ4n) is 0. The molecule has 0 atom stereocenters. The van der Waals surface area contributed by atoms with E-state index in [0.717, 1.165) is 0 Å². The number of rotatable bonds is 0. The van der Waals surface area contributed by atoms with Crippen molar-refractivity contribution in [1.82, 2.24) is 0 Å². The molecule has 0 nitrogen and oxygen atoms in total. The third-order valence-corrected chi connectivity index (χ3v) is 0. The number of hydrogen-bond acceptors (Lipinski definition) is 0. The maximum Gasteiger partial charge on any atom is 0 e. The van der Waals surface area contributed by atoms with E-state index in [2.05, 4.69) is 0 Å². The number of hydrogen-bond donors (Lipinski definition) is 0. The van der Waals surface area contributed by atoms with Gasteiger partial charge in [0.05, 0.1) is 0 Å². The topological polar surface area (TPSA) is 0 Å². The molecule has 0 aliphatic carbocycles. The summed E-state index contributed by atoms with van der Waals surface area (Å²) < 4.78 is 0. The van der Waals surface area contributed by atoms with Crippen LogP contribution in [0.2, 0.25) is 0 Å². The van der Waals surface area contributed by atoms with Crippen LogP contribution in [-0.4, -0.2) is 0 Å². The van der Waals surface area contributed by atoms with Crippen molar-refractivity contribution in [3.63, 3.8) is 0 Å². The quantitative estimate of drug-likeness (QED) is 0.353. The minimum Gasteiger partial charge on any atom is 0 e. The Morgan fingerprint density at radius 3 is 0.286 bits per heavy atom. The summed E-state index contributed by atoms with van der Waals surface area (Å²) >= 11 is 0. The van der Waals surface area contributed by atoms with Gasteiger partial charge in [0, 0.05) is 164 Å². The summed E-state index contributed by atoms with van der Waals surface area (Å²) in [5, 5.41) is 0. The smallest absolute Gasteiger partial charge is 0 e. The second kappa shape index (κ2) is 43.2. The van der Waals surface area contributed by atoms with Crippen LogP contribution < -0.4 is 0 Å². The van der Waals surface area contributed by atoms with Crippen LogP contribution in [0.25, 0.3) is 0 Å². The van der Waals surface area contributed by atoms with Crippen molar-refractivity contribution in [2.75, 3.05) is 0 Å². The molecular formula is Nd2Ni5. The van der Waals surface area contributed by atoms with Gasteiger partial charge in [0.2, 0.25) is 0 Å². The van der Waals surface area contributed by atoms with Crippen LogP contribution in [-0.2, 0) is 82.5 Å². The van der Waals surface area contributed by atoms with Crippen LogP contribution in [0.3, 0.4) is 0 Å². The van der Waals surface area contributed by atoms with Gasteiger partial charge in [0.15, 0.2) is 0 Å². The summed E-state index contributed by atoms with van der Waals surface area (Å²) in [5.74, 6) is 0. The molecular weight excluding hydrogens is 582 g/mol. The molecule has 0 aromatic carbocycles. The van der Waals surface area contributed by atoms with Crippen molar-refractivity contribution >= 4 is 0 Å². The molecule has 0 aliphatic heterocycles. The maximum absolute atomic E-state index is 0. The van der Waals surface area contributed by atoms with Crippen LogP contribution in [0.15, 0.2) is 0 Å². The van der Waals surface area contributed by atoms with E-state index in [1.165, 1.54) is 0 Å². The Morgan fingerprint density at radius 2 is 0.286 bits per heavy atom. The Balaban J connectivity index is 0. The molecule has 0 aromatic rings. The second-order valence-corrected chi connectivity index (χ2v) is 0. The van der Waals surface area contributed by atoms with Crippen molar-refractivity contribution in [2.45, 2.75) is 0 Å². The summed E-state index contributed by atoms with van der Waals surface area (Å²) in [6.07, 6.45) is 0. The van der Waals surface area contributed by atoms with Crippen molar-refractivity contribution in [3.05, 3.63) is 0 Å². The van der Waals surface area contributed by atoms with Gasteiger partial charge in [0.25, 0.3) is 0 Å². The average Bonchev–Trinajstić information content (AvgIpc) is 0.